The number of ketones is 2. The molecule has 1 heterocycles. The van der Waals surface area contributed by atoms with Gasteiger partial charge in [-0.1, -0.05) is 6.07 Å². The second-order valence-corrected chi connectivity index (χ2v) is 5.54. The predicted octanol–water partition coefficient (Wildman–Crippen LogP) is 4.17. The van der Waals surface area contributed by atoms with Crippen molar-refractivity contribution in [3.8, 4) is 11.8 Å². The Kier molecular flexibility index (Phi) is 7.10. The van der Waals surface area contributed by atoms with Gasteiger partial charge in [0.1, 0.15) is 5.78 Å². The van der Waals surface area contributed by atoms with Gasteiger partial charge in [-0.05, 0) is 38.1 Å². The van der Waals surface area contributed by atoms with Gasteiger partial charge in [0.2, 0.25) is 5.78 Å². The summed E-state index contributed by atoms with van der Waals surface area (Å²) in [6.07, 6.45) is -10.4. The Morgan fingerprint density at radius 2 is 1.75 bits per heavy atom. The lowest BCUT2D eigenvalue weighted by atomic mass is 10.2. The molecule has 28 heavy (non-hydrogen) atoms. The third-order valence-corrected chi connectivity index (χ3v) is 3.12. The van der Waals surface area contributed by atoms with E-state index in [4.69, 9.17) is 5.26 Å². The molecule has 2 aromatic rings. The number of carbonyl (C=O) groups is 2. The Morgan fingerprint density at radius 3 is 2.14 bits per heavy atom. The molecule has 0 amide bonds. The molecule has 0 saturated carbocycles. The fourth-order valence-corrected chi connectivity index (χ4v) is 1.91. The predicted molar refractivity (Wildman–Crippen MR) is 84.4 cm³/mol. The molecule has 0 aliphatic heterocycles. The average Bonchev–Trinajstić information content (AvgIpc) is 2.96. The van der Waals surface area contributed by atoms with E-state index < -0.39 is 36.0 Å². The number of aryl methyl sites for hydroxylation is 1. The van der Waals surface area contributed by atoms with Gasteiger partial charge in [0, 0.05) is 5.69 Å². The molecule has 0 radical (unpaired) electrons. The van der Waals surface area contributed by atoms with E-state index in [2.05, 4.69) is 5.10 Å². The highest BCUT2D eigenvalue weighted by Gasteiger charge is 2.38. The van der Waals surface area contributed by atoms with Crippen LogP contribution in [0, 0.1) is 18.3 Å². The number of nitrogens with zero attached hydrogens (tertiary/aromatic N) is 3. The fourth-order valence-electron chi connectivity index (χ4n) is 1.91. The summed E-state index contributed by atoms with van der Waals surface area (Å²) in [7, 11) is 0. The van der Waals surface area contributed by atoms with Gasteiger partial charge in [-0.25, -0.2) is 4.68 Å². The minimum absolute atomic E-state index is 0.359. The maximum atomic E-state index is 12.5. The van der Waals surface area contributed by atoms with Crippen molar-refractivity contribution in [3.05, 3.63) is 47.3 Å². The third kappa shape index (κ3) is 6.53. The summed E-state index contributed by atoms with van der Waals surface area (Å²) in [5.41, 5.74) is 0.220. The van der Waals surface area contributed by atoms with Crippen LogP contribution in [0.2, 0.25) is 0 Å². The summed E-state index contributed by atoms with van der Waals surface area (Å²) in [4.78, 5) is 19.9. The van der Waals surface area contributed by atoms with Gasteiger partial charge in [-0.15, -0.1) is 0 Å². The Balaban J connectivity index is 0.000000336. The number of hydrogen-bond acceptors (Lipinski definition) is 4. The first-order chi connectivity index (χ1) is 12.8. The van der Waals surface area contributed by atoms with Gasteiger partial charge < -0.3 is 0 Å². The van der Waals surface area contributed by atoms with E-state index in [1.165, 1.54) is 17.7 Å². The van der Waals surface area contributed by atoms with E-state index in [1.807, 2.05) is 6.07 Å². The monoisotopic (exact) mass is 405 g/mol. The molecule has 11 heteroatoms. The number of nitriles is 1. The van der Waals surface area contributed by atoms with Gasteiger partial charge in [-0.3, -0.25) is 9.59 Å². The summed E-state index contributed by atoms with van der Waals surface area (Å²) < 4.78 is 72.6. The van der Waals surface area contributed by atoms with Crippen LogP contribution in [-0.4, -0.2) is 27.5 Å². The third-order valence-electron chi connectivity index (χ3n) is 3.12. The van der Waals surface area contributed by atoms with E-state index in [1.54, 1.807) is 18.2 Å². The number of hydrogen-bond donors (Lipinski definition) is 0. The van der Waals surface area contributed by atoms with Crippen molar-refractivity contribution in [2.45, 2.75) is 32.6 Å². The first-order valence-corrected chi connectivity index (χ1v) is 7.49. The molecule has 0 saturated heterocycles. The number of alkyl halides is 6. The van der Waals surface area contributed by atoms with Gasteiger partial charge in [0.05, 0.1) is 23.7 Å². The van der Waals surface area contributed by atoms with E-state index in [9.17, 15) is 35.9 Å². The van der Waals surface area contributed by atoms with Crippen LogP contribution < -0.4 is 0 Å². The molecule has 1 aromatic carbocycles. The summed E-state index contributed by atoms with van der Waals surface area (Å²) >= 11 is 0. The summed E-state index contributed by atoms with van der Waals surface area (Å²) in [5.74, 6) is -2.76. The van der Waals surface area contributed by atoms with Gasteiger partial charge >= 0.3 is 12.4 Å². The van der Waals surface area contributed by atoms with E-state index >= 15 is 0 Å². The molecule has 0 unspecified atom stereocenters. The molecular weight excluding hydrogens is 392 g/mol. The number of Topliss-reactive ketones (excluding diaryl/α,β-unsaturated/α-hetero) is 2. The van der Waals surface area contributed by atoms with Crippen LogP contribution in [-0.2, 0) is 15.8 Å². The van der Waals surface area contributed by atoms with Gasteiger partial charge in [0.15, 0.2) is 5.69 Å². The molecular formula is C17H13F6N3O2. The molecule has 0 spiro atoms. The zero-order valence-electron chi connectivity index (χ0n) is 14.5. The van der Waals surface area contributed by atoms with Crippen LogP contribution in [0.25, 0.3) is 5.69 Å². The highest BCUT2D eigenvalue weighted by atomic mass is 19.4. The maximum absolute atomic E-state index is 12.5. The van der Waals surface area contributed by atoms with Crippen LogP contribution in [0.3, 0.4) is 0 Å². The van der Waals surface area contributed by atoms with Crippen molar-refractivity contribution in [3.63, 3.8) is 0 Å². The smallest absolute Gasteiger partial charge is 0.300 e. The van der Waals surface area contributed by atoms with Crippen molar-refractivity contribution in [1.29, 1.82) is 5.26 Å². The number of benzene rings is 1. The van der Waals surface area contributed by atoms with E-state index in [-0.39, 0.29) is 0 Å². The highest BCUT2D eigenvalue weighted by molar-refractivity contribution is 6.00. The molecule has 0 aliphatic carbocycles. The zero-order chi connectivity index (χ0) is 21.7. The Bertz CT molecular complexity index is 907. The van der Waals surface area contributed by atoms with Crippen LogP contribution >= 0.6 is 0 Å². The molecule has 5 nitrogen and oxygen atoms in total. The number of rotatable bonds is 3. The lowest BCUT2D eigenvalue weighted by Crippen LogP contribution is -2.24. The fraction of sp³-hybridized carbons (Fsp3) is 0.294. The van der Waals surface area contributed by atoms with E-state index in [0.29, 0.717) is 16.9 Å². The van der Waals surface area contributed by atoms with Crippen molar-refractivity contribution in [2.24, 2.45) is 0 Å². The van der Waals surface area contributed by atoms with Crippen molar-refractivity contribution < 1.29 is 35.9 Å². The average molecular weight is 405 g/mol. The molecule has 0 aliphatic rings. The normalized spacial score (nSPS) is 11.2. The molecule has 0 N–H and O–H groups in total. The summed E-state index contributed by atoms with van der Waals surface area (Å²) in [5, 5.41) is 12.3. The molecule has 0 atom stereocenters. The molecule has 0 bridgehead atoms. The van der Waals surface area contributed by atoms with Crippen LogP contribution in [0.4, 0.5) is 26.3 Å². The quantitative estimate of drug-likeness (QED) is 0.568. The van der Waals surface area contributed by atoms with Crippen molar-refractivity contribution >= 4 is 11.6 Å². The van der Waals surface area contributed by atoms with Crippen molar-refractivity contribution in [2.75, 3.05) is 0 Å². The second-order valence-electron chi connectivity index (χ2n) is 5.54. The van der Waals surface area contributed by atoms with E-state index in [0.717, 1.165) is 13.0 Å². The number of aromatic nitrogens is 2. The lowest BCUT2D eigenvalue weighted by Gasteiger charge is -2.04. The largest absolute Gasteiger partial charge is 0.450 e. The molecule has 1 aromatic heterocycles. The second kappa shape index (κ2) is 8.69. The van der Waals surface area contributed by atoms with Gasteiger partial charge in [0.25, 0.3) is 0 Å². The van der Waals surface area contributed by atoms with Crippen LogP contribution in [0.5, 0.6) is 0 Å². The lowest BCUT2D eigenvalue weighted by molar-refractivity contribution is -0.171. The first kappa shape index (κ1) is 22.9. The molecule has 0 fully saturated rings. The summed E-state index contributed by atoms with van der Waals surface area (Å²) in [6.45, 7) is 2.46. The highest BCUT2D eigenvalue weighted by Crippen LogP contribution is 2.29. The Morgan fingerprint density at radius 1 is 1.14 bits per heavy atom. The molecule has 2 rings (SSSR count). The SMILES string of the molecule is CC(=O)CC(=O)C(F)(F)F.Cc1cc(C(F)(F)F)nn1-c1cccc(C#N)c1. The Hall–Kier alpha value is -3.16. The number of carbonyl (C=O) groups excluding carboxylic acids is 2. The van der Waals surface area contributed by atoms with Crippen LogP contribution in [0.15, 0.2) is 30.3 Å². The minimum Gasteiger partial charge on any atom is -0.300 e. The van der Waals surface area contributed by atoms with Crippen molar-refractivity contribution in [1.82, 2.24) is 9.78 Å². The molecule has 150 valence electrons. The van der Waals surface area contributed by atoms with Gasteiger partial charge in [-0.2, -0.15) is 36.7 Å². The topological polar surface area (TPSA) is 75.8 Å². The number of halogens is 6. The summed E-state index contributed by atoms with van der Waals surface area (Å²) in [6, 6.07) is 9.16. The maximum Gasteiger partial charge on any atom is 0.450 e. The minimum atomic E-state index is -4.87. The Labute approximate surface area is 155 Å². The first-order valence-electron chi connectivity index (χ1n) is 7.49. The van der Waals surface area contributed by atoms with Crippen LogP contribution in [0.1, 0.15) is 30.3 Å². The zero-order valence-corrected chi connectivity index (χ0v) is 14.5. The standard InChI is InChI=1S/C12H8F3N3.C5H5F3O2/c1-8-5-11(12(13,14)15)17-18(8)10-4-2-3-9(6-10)7-16;1-3(9)2-4(10)5(6,7)8/h2-6H,1H3;2H2,1H3.